The molecule has 0 saturated carbocycles. The van der Waals surface area contributed by atoms with Crippen molar-refractivity contribution in [1.82, 2.24) is 5.06 Å². The fraction of sp³-hybridized carbons (Fsp3) is 0.385. The van der Waals surface area contributed by atoms with Gasteiger partial charge in [0.15, 0.2) is 0 Å². The van der Waals surface area contributed by atoms with Crippen molar-refractivity contribution in [3.63, 3.8) is 0 Å². The highest BCUT2D eigenvalue weighted by Crippen LogP contribution is 2.28. The molecule has 2 heteroatoms. The summed E-state index contributed by atoms with van der Waals surface area (Å²) in [4.78, 5) is 5.83. The zero-order valence-electron chi connectivity index (χ0n) is 8.67. The van der Waals surface area contributed by atoms with Crippen LogP contribution >= 0.6 is 0 Å². The third kappa shape index (κ3) is 1.96. The Kier molecular flexibility index (Phi) is 2.31. The maximum atomic E-state index is 5.83. The smallest absolute Gasteiger partial charge is 0.0980 e. The maximum Gasteiger partial charge on any atom is 0.0980 e. The summed E-state index contributed by atoms with van der Waals surface area (Å²) >= 11 is 0. The molecular formula is C13H15NO. The van der Waals surface area contributed by atoms with Gasteiger partial charge in [0.1, 0.15) is 0 Å². The van der Waals surface area contributed by atoms with Gasteiger partial charge >= 0.3 is 0 Å². The van der Waals surface area contributed by atoms with E-state index in [4.69, 9.17) is 4.84 Å². The number of rotatable bonds is 2. The Hall–Kier alpha value is -1.12. The van der Waals surface area contributed by atoms with Crippen LogP contribution in [0.5, 0.6) is 0 Å². The molecular weight excluding hydrogens is 186 g/mol. The van der Waals surface area contributed by atoms with E-state index in [0.717, 1.165) is 13.1 Å². The minimum atomic E-state index is 0.326. The molecule has 2 atom stereocenters. The van der Waals surface area contributed by atoms with Crippen molar-refractivity contribution in [1.29, 1.82) is 0 Å². The zero-order chi connectivity index (χ0) is 10.1. The maximum absolute atomic E-state index is 5.83. The van der Waals surface area contributed by atoms with Crippen molar-refractivity contribution in [2.24, 2.45) is 5.92 Å². The lowest BCUT2D eigenvalue weighted by Gasteiger charge is -2.31. The Labute approximate surface area is 90.1 Å². The van der Waals surface area contributed by atoms with E-state index in [1.54, 1.807) is 0 Å². The van der Waals surface area contributed by atoms with Gasteiger partial charge in [0.05, 0.1) is 6.10 Å². The van der Waals surface area contributed by atoms with Crippen molar-refractivity contribution in [2.45, 2.75) is 19.1 Å². The Balaban J connectivity index is 1.66. The molecule has 0 radical (unpaired) electrons. The van der Waals surface area contributed by atoms with Gasteiger partial charge in [0, 0.05) is 13.1 Å². The second-order valence-corrected chi connectivity index (χ2v) is 4.33. The Bertz CT molecular complexity index is 346. The van der Waals surface area contributed by atoms with Gasteiger partial charge in [-0.15, -0.1) is 0 Å². The standard InChI is InChI=1S/C13H15NO/c1-2-4-11(5-3-1)9-14-10-12-6-7-13(8-12)15-14/h1-7,12-13H,8-10H2/t12-,13+/m0/s1. The molecule has 0 aromatic heterocycles. The summed E-state index contributed by atoms with van der Waals surface area (Å²) in [6, 6.07) is 10.5. The molecule has 1 aliphatic carbocycles. The first-order chi connectivity index (χ1) is 7.40. The second-order valence-electron chi connectivity index (χ2n) is 4.33. The van der Waals surface area contributed by atoms with Gasteiger partial charge in [-0.1, -0.05) is 42.5 Å². The van der Waals surface area contributed by atoms with E-state index in [-0.39, 0.29) is 0 Å². The minimum absolute atomic E-state index is 0.326. The first-order valence-corrected chi connectivity index (χ1v) is 5.54. The van der Waals surface area contributed by atoms with Gasteiger partial charge in [-0.2, -0.15) is 5.06 Å². The molecule has 0 amide bonds. The van der Waals surface area contributed by atoms with Crippen LogP contribution in [0, 0.1) is 5.92 Å². The number of hydrogen-bond acceptors (Lipinski definition) is 2. The van der Waals surface area contributed by atoms with Crippen LogP contribution in [0.3, 0.4) is 0 Å². The van der Waals surface area contributed by atoms with Gasteiger partial charge in [-0.05, 0) is 17.9 Å². The van der Waals surface area contributed by atoms with E-state index >= 15 is 0 Å². The number of hydroxylamine groups is 2. The van der Waals surface area contributed by atoms with E-state index in [0.29, 0.717) is 12.0 Å². The van der Waals surface area contributed by atoms with Crippen molar-refractivity contribution < 1.29 is 4.84 Å². The van der Waals surface area contributed by atoms with E-state index < -0.39 is 0 Å². The average molecular weight is 201 g/mol. The van der Waals surface area contributed by atoms with Crippen molar-refractivity contribution in [2.75, 3.05) is 6.54 Å². The fourth-order valence-corrected chi connectivity index (χ4v) is 2.34. The highest BCUT2D eigenvalue weighted by atomic mass is 16.7. The van der Waals surface area contributed by atoms with Crippen molar-refractivity contribution in [3.05, 3.63) is 48.0 Å². The molecule has 15 heavy (non-hydrogen) atoms. The molecule has 3 rings (SSSR count). The monoisotopic (exact) mass is 201 g/mol. The molecule has 1 aromatic carbocycles. The van der Waals surface area contributed by atoms with Crippen molar-refractivity contribution in [3.8, 4) is 0 Å². The molecule has 2 bridgehead atoms. The summed E-state index contributed by atoms with van der Waals surface area (Å²) in [6.45, 7) is 1.93. The minimum Gasteiger partial charge on any atom is -0.291 e. The van der Waals surface area contributed by atoms with Crippen LogP contribution in [0.2, 0.25) is 0 Å². The molecule has 0 unspecified atom stereocenters. The highest BCUT2D eigenvalue weighted by molar-refractivity contribution is 5.14. The van der Waals surface area contributed by atoms with Crippen LogP contribution in [-0.4, -0.2) is 17.7 Å². The number of nitrogens with zero attached hydrogens (tertiary/aromatic N) is 1. The van der Waals surface area contributed by atoms with E-state index in [1.807, 2.05) is 6.07 Å². The molecule has 2 nitrogen and oxygen atoms in total. The SMILES string of the molecule is C1=C[C@@H]2C[C@H]1CN(Cc1ccccc1)O2. The molecule has 78 valence electrons. The van der Waals surface area contributed by atoms with E-state index in [2.05, 4.69) is 41.5 Å². The summed E-state index contributed by atoms with van der Waals surface area (Å²) in [7, 11) is 0. The summed E-state index contributed by atoms with van der Waals surface area (Å²) in [5.41, 5.74) is 1.32. The normalized spacial score (nSPS) is 29.6. The molecule has 1 saturated heterocycles. The van der Waals surface area contributed by atoms with Crippen LogP contribution in [0.4, 0.5) is 0 Å². The largest absolute Gasteiger partial charge is 0.291 e. The lowest BCUT2D eigenvalue weighted by Crippen LogP contribution is -2.36. The van der Waals surface area contributed by atoms with Gasteiger partial charge in [0.2, 0.25) is 0 Å². The van der Waals surface area contributed by atoms with E-state index in [9.17, 15) is 0 Å². The second kappa shape index (κ2) is 3.80. The summed E-state index contributed by atoms with van der Waals surface area (Å²) in [5.74, 6) is 0.701. The summed E-state index contributed by atoms with van der Waals surface area (Å²) in [5, 5.41) is 2.09. The van der Waals surface area contributed by atoms with Gasteiger partial charge in [0.25, 0.3) is 0 Å². The predicted molar refractivity (Wildman–Crippen MR) is 59.0 cm³/mol. The fourth-order valence-electron chi connectivity index (χ4n) is 2.34. The third-order valence-electron chi connectivity index (χ3n) is 3.06. The third-order valence-corrected chi connectivity index (χ3v) is 3.06. The quantitative estimate of drug-likeness (QED) is 0.681. The lowest BCUT2D eigenvalue weighted by molar-refractivity contribution is -0.216. The number of hydrogen-bond donors (Lipinski definition) is 0. The molecule has 0 spiro atoms. The first kappa shape index (κ1) is 9.13. The van der Waals surface area contributed by atoms with Gasteiger partial charge in [-0.25, -0.2) is 0 Å². The molecule has 1 aromatic rings. The molecule has 1 fully saturated rings. The van der Waals surface area contributed by atoms with Crippen molar-refractivity contribution >= 4 is 0 Å². The van der Waals surface area contributed by atoms with E-state index in [1.165, 1.54) is 12.0 Å². The van der Waals surface area contributed by atoms with Gasteiger partial charge in [-0.3, -0.25) is 4.84 Å². The van der Waals surface area contributed by atoms with Gasteiger partial charge < -0.3 is 0 Å². The Morgan fingerprint density at radius 3 is 2.87 bits per heavy atom. The van der Waals surface area contributed by atoms with Crippen LogP contribution in [0.15, 0.2) is 42.5 Å². The van der Waals surface area contributed by atoms with Crippen LogP contribution in [0.25, 0.3) is 0 Å². The topological polar surface area (TPSA) is 12.5 Å². The molecule has 2 aliphatic rings. The molecule has 1 aliphatic heterocycles. The summed E-state index contributed by atoms with van der Waals surface area (Å²) < 4.78 is 0. The van der Waals surface area contributed by atoms with Crippen LogP contribution in [0.1, 0.15) is 12.0 Å². The lowest BCUT2D eigenvalue weighted by atomic mass is 10.1. The average Bonchev–Trinajstić information content (AvgIpc) is 2.60. The molecule has 0 N–H and O–H groups in total. The highest BCUT2D eigenvalue weighted by Gasteiger charge is 2.29. The Morgan fingerprint density at radius 2 is 2.07 bits per heavy atom. The predicted octanol–water partition coefficient (Wildman–Crippen LogP) is 2.38. The Morgan fingerprint density at radius 1 is 1.20 bits per heavy atom. The molecule has 1 heterocycles. The van der Waals surface area contributed by atoms with Crippen LogP contribution < -0.4 is 0 Å². The zero-order valence-corrected chi connectivity index (χ0v) is 8.67. The number of benzene rings is 1. The summed E-state index contributed by atoms with van der Waals surface area (Å²) in [6.07, 6.45) is 5.98. The number of fused-ring (bicyclic) bond motifs is 2. The first-order valence-electron chi connectivity index (χ1n) is 5.54. The van der Waals surface area contributed by atoms with Crippen LogP contribution in [-0.2, 0) is 11.4 Å².